The minimum atomic E-state index is 0.511. The van der Waals surface area contributed by atoms with Crippen molar-refractivity contribution in [3.63, 3.8) is 0 Å². The molecule has 1 aromatic rings. The van der Waals surface area contributed by atoms with Gasteiger partial charge in [0.1, 0.15) is 0 Å². The molecule has 1 atom stereocenters. The lowest BCUT2D eigenvalue weighted by Crippen LogP contribution is -2.39. The second kappa shape index (κ2) is 8.15. The highest BCUT2D eigenvalue weighted by Crippen LogP contribution is 2.21. The molecule has 0 fully saturated rings. The Morgan fingerprint density at radius 3 is 2.50 bits per heavy atom. The van der Waals surface area contributed by atoms with Crippen LogP contribution in [0.25, 0.3) is 0 Å². The minimum absolute atomic E-state index is 0.511. The summed E-state index contributed by atoms with van der Waals surface area (Å²) in [5.41, 5.74) is 2.31. The molecule has 5 heteroatoms. The smallest absolute Gasteiger partial charge is 0.0739 e. The summed E-state index contributed by atoms with van der Waals surface area (Å²) < 4.78 is 3.22. The van der Waals surface area contributed by atoms with Crippen LogP contribution in [0.15, 0.2) is 4.47 Å². The van der Waals surface area contributed by atoms with Crippen molar-refractivity contribution >= 4 is 15.9 Å². The van der Waals surface area contributed by atoms with Gasteiger partial charge in [-0.15, -0.1) is 0 Å². The Morgan fingerprint density at radius 2 is 2.00 bits per heavy atom. The fraction of sp³-hybridized carbons (Fsp3) is 0.800. The van der Waals surface area contributed by atoms with Crippen LogP contribution in [0.1, 0.15) is 38.6 Å². The Kier molecular flexibility index (Phi) is 7.20. The van der Waals surface area contributed by atoms with Gasteiger partial charge in [0.05, 0.1) is 15.9 Å². The molecule has 0 aromatic carbocycles. The van der Waals surface area contributed by atoms with Gasteiger partial charge in [0, 0.05) is 25.7 Å². The molecule has 1 unspecified atom stereocenters. The van der Waals surface area contributed by atoms with E-state index in [1.165, 1.54) is 12.1 Å². The van der Waals surface area contributed by atoms with E-state index in [0.29, 0.717) is 12.0 Å². The van der Waals surface area contributed by atoms with Crippen molar-refractivity contribution in [2.75, 3.05) is 20.6 Å². The summed E-state index contributed by atoms with van der Waals surface area (Å²) in [4.78, 5) is 2.25. The van der Waals surface area contributed by atoms with Crippen LogP contribution in [-0.2, 0) is 13.1 Å². The van der Waals surface area contributed by atoms with Crippen LogP contribution < -0.4 is 5.32 Å². The molecule has 0 aliphatic heterocycles. The lowest BCUT2D eigenvalue weighted by molar-refractivity contribution is 0.303. The predicted molar refractivity (Wildman–Crippen MR) is 89.0 cm³/mol. The second-order valence-corrected chi connectivity index (χ2v) is 6.92. The van der Waals surface area contributed by atoms with E-state index in [0.717, 1.165) is 29.8 Å². The van der Waals surface area contributed by atoms with Gasteiger partial charge in [-0.3, -0.25) is 4.68 Å². The highest BCUT2D eigenvalue weighted by Gasteiger charge is 2.16. The van der Waals surface area contributed by atoms with Gasteiger partial charge < -0.3 is 10.2 Å². The molecule has 0 aliphatic rings. The zero-order valence-corrected chi connectivity index (χ0v) is 15.3. The SMILES string of the molecule is CCn1nc(C)c(Br)c1CNC(CC(C)C)CN(C)C. The topological polar surface area (TPSA) is 33.1 Å². The van der Waals surface area contributed by atoms with Crippen LogP contribution in [0.4, 0.5) is 0 Å². The Bertz CT molecular complexity index is 402. The first-order valence-electron chi connectivity index (χ1n) is 7.45. The summed E-state index contributed by atoms with van der Waals surface area (Å²) in [5.74, 6) is 0.703. The fourth-order valence-corrected chi connectivity index (χ4v) is 2.94. The summed E-state index contributed by atoms with van der Waals surface area (Å²) >= 11 is 3.66. The molecule has 0 amide bonds. The average molecular weight is 345 g/mol. The van der Waals surface area contributed by atoms with Gasteiger partial charge in [-0.2, -0.15) is 5.10 Å². The molecule has 0 radical (unpaired) electrons. The minimum Gasteiger partial charge on any atom is -0.308 e. The third-order valence-electron chi connectivity index (χ3n) is 3.35. The van der Waals surface area contributed by atoms with Crippen molar-refractivity contribution in [2.45, 2.75) is 53.2 Å². The zero-order chi connectivity index (χ0) is 15.3. The van der Waals surface area contributed by atoms with Crippen LogP contribution in [0.3, 0.4) is 0 Å². The number of likely N-dealkylation sites (N-methyl/N-ethyl adjacent to an activating group) is 1. The Hall–Kier alpha value is -0.390. The summed E-state index contributed by atoms with van der Waals surface area (Å²) in [5, 5.41) is 8.24. The van der Waals surface area contributed by atoms with Gasteiger partial charge in [-0.05, 0) is 56.2 Å². The maximum Gasteiger partial charge on any atom is 0.0739 e. The zero-order valence-electron chi connectivity index (χ0n) is 13.7. The molecule has 1 aromatic heterocycles. The van der Waals surface area contributed by atoms with Gasteiger partial charge in [-0.25, -0.2) is 0 Å². The lowest BCUT2D eigenvalue weighted by atomic mass is 10.0. The van der Waals surface area contributed by atoms with Crippen molar-refractivity contribution in [1.29, 1.82) is 0 Å². The monoisotopic (exact) mass is 344 g/mol. The van der Waals surface area contributed by atoms with E-state index in [1.807, 2.05) is 6.92 Å². The van der Waals surface area contributed by atoms with Gasteiger partial charge in [0.25, 0.3) is 0 Å². The Balaban J connectivity index is 2.71. The third kappa shape index (κ3) is 5.19. The second-order valence-electron chi connectivity index (χ2n) is 6.13. The number of nitrogens with one attached hydrogen (secondary N) is 1. The van der Waals surface area contributed by atoms with Gasteiger partial charge in [0.2, 0.25) is 0 Å². The Morgan fingerprint density at radius 1 is 1.35 bits per heavy atom. The van der Waals surface area contributed by atoms with Crippen molar-refractivity contribution in [1.82, 2.24) is 20.0 Å². The first-order chi connectivity index (χ1) is 9.35. The van der Waals surface area contributed by atoms with Crippen molar-refractivity contribution < 1.29 is 0 Å². The third-order valence-corrected chi connectivity index (χ3v) is 4.38. The van der Waals surface area contributed by atoms with E-state index < -0.39 is 0 Å². The molecule has 0 aliphatic carbocycles. The predicted octanol–water partition coefficient (Wildman–Crippen LogP) is 3.04. The van der Waals surface area contributed by atoms with Gasteiger partial charge in [0.15, 0.2) is 0 Å². The number of hydrogen-bond acceptors (Lipinski definition) is 3. The van der Waals surface area contributed by atoms with E-state index >= 15 is 0 Å². The molecule has 1 heterocycles. The normalized spacial score (nSPS) is 13.4. The summed E-state index contributed by atoms with van der Waals surface area (Å²) in [6, 6.07) is 0.511. The number of nitrogens with zero attached hydrogens (tertiary/aromatic N) is 3. The van der Waals surface area contributed by atoms with E-state index in [-0.39, 0.29) is 0 Å². The molecule has 116 valence electrons. The molecule has 0 bridgehead atoms. The van der Waals surface area contributed by atoms with E-state index in [1.54, 1.807) is 0 Å². The number of aryl methyl sites for hydroxylation is 2. The number of aromatic nitrogens is 2. The largest absolute Gasteiger partial charge is 0.308 e. The molecule has 0 spiro atoms. The van der Waals surface area contributed by atoms with Gasteiger partial charge >= 0.3 is 0 Å². The van der Waals surface area contributed by atoms with Gasteiger partial charge in [-0.1, -0.05) is 13.8 Å². The first kappa shape index (κ1) is 17.7. The van der Waals surface area contributed by atoms with E-state index in [2.05, 4.69) is 70.8 Å². The maximum absolute atomic E-state index is 4.55. The molecular weight excluding hydrogens is 316 g/mol. The van der Waals surface area contributed by atoms with E-state index in [9.17, 15) is 0 Å². The number of hydrogen-bond donors (Lipinski definition) is 1. The summed E-state index contributed by atoms with van der Waals surface area (Å²) in [6.07, 6.45) is 1.19. The van der Waals surface area contributed by atoms with Crippen LogP contribution in [-0.4, -0.2) is 41.4 Å². The molecule has 1 N–H and O–H groups in total. The lowest BCUT2D eigenvalue weighted by Gasteiger charge is -2.24. The summed E-state index contributed by atoms with van der Waals surface area (Å²) in [6.45, 7) is 11.6. The molecule has 4 nitrogen and oxygen atoms in total. The quantitative estimate of drug-likeness (QED) is 0.786. The number of rotatable bonds is 8. The molecular formula is C15H29BrN4. The standard InChI is InChI=1S/C15H29BrN4/c1-7-20-14(15(16)12(4)18-20)9-17-13(8-11(2)3)10-19(5)6/h11,13,17H,7-10H2,1-6H3. The van der Waals surface area contributed by atoms with E-state index in [4.69, 9.17) is 0 Å². The molecule has 20 heavy (non-hydrogen) atoms. The molecule has 1 rings (SSSR count). The molecule has 0 saturated heterocycles. The highest BCUT2D eigenvalue weighted by molar-refractivity contribution is 9.10. The van der Waals surface area contributed by atoms with Crippen molar-refractivity contribution in [3.05, 3.63) is 15.9 Å². The van der Waals surface area contributed by atoms with Crippen LogP contribution in [0, 0.1) is 12.8 Å². The Labute approximate surface area is 132 Å². The van der Waals surface area contributed by atoms with Crippen molar-refractivity contribution in [2.24, 2.45) is 5.92 Å². The van der Waals surface area contributed by atoms with Crippen LogP contribution in [0.5, 0.6) is 0 Å². The fourth-order valence-electron chi connectivity index (χ4n) is 2.51. The maximum atomic E-state index is 4.55. The van der Waals surface area contributed by atoms with Crippen molar-refractivity contribution in [3.8, 4) is 0 Å². The summed E-state index contributed by atoms with van der Waals surface area (Å²) in [7, 11) is 4.26. The van der Waals surface area contributed by atoms with Crippen LogP contribution >= 0.6 is 15.9 Å². The average Bonchev–Trinajstić information content (AvgIpc) is 2.61. The first-order valence-corrected chi connectivity index (χ1v) is 8.24. The number of halogens is 1. The van der Waals surface area contributed by atoms with Crippen LogP contribution in [0.2, 0.25) is 0 Å². The molecule has 0 saturated carbocycles. The highest BCUT2D eigenvalue weighted by atomic mass is 79.9.